The number of nitrogens with zero attached hydrogens (tertiary/aromatic N) is 2. The molecule has 9 nitrogen and oxygen atoms in total. The van der Waals surface area contributed by atoms with Gasteiger partial charge in [-0.1, -0.05) is 42.5 Å². The Morgan fingerprint density at radius 1 is 1.03 bits per heavy atom. The zero-order valence-corrected chi connectivity index (χ0v) is 21.6. The molecule has 1 fully saturated rings. The monoisotopic (exact) mass is 524 g/mol. The molecule has 3 aromatic carbocycles. The lowest BCUT2D eigenvalue weighted by atomic mass is 9.89. The minimum absolute atomic E-state index is 0.247. The predicted octanol–water partition coefficient (Wildman–Crippen LogP) is 4.04. The van der Waals surface area contributed by atoms with E-state index in [9.17, 15) is 14.4 Å². The summed E-state index contributed by atoms with van der Waals surface area (Å²) in [6, 6.07) is 20.4. The Labute approximate surface area is 225 Å². The number of hydrogen-bond acceptors (Lipinski definition) is 5. The average molecular weight is 525 g/mol. The van der Waals surface area contributed by atoms with Gasteiger partial charge in [0.1, 0.15) is 17.8 Å². The van der Waals surface area contributed by atoms with Crippen molar-refractivity contribution in [2.24, 2.45) is 0 Å². The smallest absolute Gasteiger partial charge is 0.332 e. The molecule has 9 heteroatoms. The quantitative estimate of drug-likeness (QED) is 0.281. The average Bonchev–Trinajstić information content (AvgIpc) is 3.46. The van der Waals surface area contributed by atoms with Gasteiger partial charge in [0.25, 0.3) is 11.8 Å². The summed E-state index contributed by atoms with van der Waals surface area (Å²) >= 11 is 0. The fourth-order valence-electron chi connectivity index (χ4n) is 5.68. The van der Waals surface area contributed by atoms with Gasteiger partial charge in [0.05, 0.1) is 25.0 Å². The number of hydrogen-bond donors (Lipinski definition) is 2. The highest BCUT2D eigenvalue weighted by atomic mass is 16.5. The van der Waals surface area contributed by atoms with E-state index in [2.05, 4.69) is 10.3 Å². The molecule has 0 spiro atoms. The molecule has 6 rings (SSSR count). The maximum Gasteiger partial charge on any atom is 0.332 e. The molecule has 0 radical (unpaired) electrons. The first-order valence-corrected chi connectivity index (χ1v) is 12.8. The molecule has 0 saturated carbocycles. The molecule has 2 N–H and O–H groups in total. The molecule has 2 aliphatic heterocycles. The molecule has 2 atom stereocenters. The van der Waals surface area contributed by atoms with E-state index in [1.807, 2.05) is 48.5 Å². The maximum absolute atomic E-state index is 14.2. The molecule has 0 aliphatic carbocycles. The van der Waals surface area contributed by atoms with Crippen molar-refractivity contribution in [3.05, 3.63) is 95.2 Å². The fraction of sp³-hybridized carbons (Fsp3) is 0.233. The van der Waals surface area contributed by atoms with Crippen molar-refractivity contribution in [1.82, 2.24) is 15.2 Å². The largest absolute Gasteiger partial charge is 0.497 e. The third-order valence-electron chi connectivity index (χ3n) is 7.44. The van der Waals surface area contributed by atoms with Crippen LogP contribution in [0.25, 0.3) is 10.9 Å². The number of para-hydroxylation sites is 2. The van der Waals surface area contributed by atoms with Gasteiger partial charge in [-0.3, -0.25) is 14.5 Å². The van der Waals surface area contributed by atoms with Gasteiger partial charge in [0.2, 0.25) is 0 Å². The molecule has 4 aromatic rings. The molecule has 1 aromatic heterocycles. The topological polar surface area (TPSA) is 104 Å². The third kappa shape index (κ3) is 4.02. The van der Waals surface area contributed by atoms with E-state index in [-0.39, 0.29) is 23.1 Å². The number of methoxy groups -OCH3 is 2. The molecule has 1 unspecified atom stereocenters. The molecule has 1 saturated heterocycles. The van der Waals surface area contributed by atoms with Gasteiger partial charge in [-0.15, -0.1) is 0 Å². The molecule has 39 heavy (non-hydrogen) atoms. The number of ether oxygens (including phenoxy) is 2. The van der Waals surface area contributed by atoms with Crippen LogP contribution in [-0.4, -0.2) is 61.1 Å². The van der Waals surface area contributed by atoms with Crippen molar-refractivity contribution in [2.75, 3.05) is 32.3 Å². The standard InChI is InChI=1S/C30H28N4O5/c1-38-15-14-31-28(35)21-11-4-6-13-24(21)34-29(36)25-17-22-20-10-3-5-12-23(20)32-26(22)27(33(25)30(34)37)18-8-7-9-19(16-18)39-2/h3-13,16,25,27,32H,14-15,17H2,1-2H3,(H,31,35)/t25-,27?/m0/s1. The van der Waals surface area contributed by atoms with Crippen molar-refractivity contribution in [1.29, 1.82) is 0 Å². The van der Waals surface area contributed by atoms with Crippen molar-refractivity contribution in [3.63, 3.8) is 0 Å². The number of rotatable bonds is 7. The molecular formula is C30H28N4O5. The van der Waals surface area contributed by atoms with Crippen LogP contribution in [0.15, 0.2) is 72.8 Å². The minimum Gasteiger partial charge on any atom is -0.497 e. The maximum atomic E-state index is 14.2. The Morgan fingerprint density at radius 2 is 1.82 bits per heavy atom. The lowest BCUT2D eigenvalue weighted by molar-refractivity contribution is -0.120. The number of aromatic amines is 1. The van der Waals surface area contributed by atoms with Crippen molar-refractivity contribution >= 4 is 34.4 Å². The van der Waals surface area contributed by atoms with E-state index in [0.29, 0.717) is 25.3 Å². The van der Waals surface area contributed by atoms with Crippen molar-refractivity contribution in [2.45, 2.75) is 18.5 Å². The number of carbonyl (C=O) groups is 3. The van der Waals surface area contributed by atoms with Crippen LogP contribution in [-0.2, 0) is 16.0 Å². The summed E-state index contributed by atoms with van der Waals surface area (Å²) in [5.74, 6) is -0.0881. The summed E-state index contributed by atoms with van der Waals surface area (Å²) in [5, 5.41) is 3.81. The summed E-state index contributed by atoms with van der Waals surface area (Å²) in [6.45, 7) is 0.652. The number of aromatic nitrogens is 1. The van der Waals surface area contributed by atoms with Gasteiger partial charge in [0, 0.05) is 36.7 Å². The van der Waals surface area contributed by atoms with Gasteiger partial charge in [-0.05, 0) is 41.5 Å². The first-order valence-electron chi connectivity index (χ1n) is 12.8. The first kappa shape index (κ1) is 24.7. The van der Waals surface area contributed by atoms with Crippen LogP contribution in [0.4, 0.5) is 10.5 Å². The Kier molecular flexibility index (Phi) is 6.28. The van der Waals surface area contributed by atoms with Crippen molar-refractivity contribution in [3.8, 4) is 5.75 Å². The number of nitrogens with one attached hydrogen (secondary N) is 2. The predicted molar refractivity (Wildman–Crippen MR) is 146 cm³/mol. The Balaban J connectivity index is 1.46. The molecule has 2 aliphatic rings. The van der Waals surface area contributed by atoms with Gasteiger partial charge in [-0.2, -0.15) is 0 Å². The third-order valence-corrected chi connectivity index (χ3v) is 7.44. The highest BCUT2D eigenvalue weighted by Crippen LogP contribution is 2.45. The summed E-state index contributed by atoms with van der Waals surface area (Å²) in [5.41, 5.74) is 4.15. The van der Waals surface area contributed by atoms with Crippen LogP contribution >= 0.6 is 0 Å². The Bertz CT molecular complexity index is 1600. The van der Waals surface area contributed by atoms with Crippen LogP contribution in [0.3, 0.4) is 0 Å². The SMILES string of the molecule is COCCNC(=O)c1ccccc1N1C(=O)[C@@H]2Cc3c([nH]c4ccccc34)C(c3cccc(OC)c3)N2C1=O. The van der Waals surface area contributed by atoms with E-state index in [4.69, 9.17) is 9.47 Å². The van der Waals surface area contributed by atoms with Crippen LogP contribution in [0.1, 0.15) is 33.2 Å². The number of H-pyrrole nitrogens is 1. The van der Waals surface area contributed by atoms with E-state index >= 15 is 0 Å². The van der Waals surface area contributed by atoms with Gasteiger partial charge in [-0.25, -0.2) is 9.69 Å². The van der Waals surface area contributed by atoms with E-state index in [1.54, 1.807) is 43.4 Å². The highest BCUT2D eigenvalue weighted by Gasteiger charge is 2.53. The van der Waals surface area contributed by atoms with Crippen molar-refractivity contribution < 1.29 is 23.9 Å². The summed E-state index contributed by atoms with van der Waals surface area (Å²) in [4.78, 5) is 47.5. The van der Waals surface area contributed by atoms with E-state index in [1.165, 1.54) is 0 Å². The molecule has 198 valence electrons. The first-order chi connectivity index (χ1) is 19.0. The number of benzene rings is 3. The lowest BCUT2D eigenvalue weighted by Crippen LogP contribution is -2.44. The number of fused-ring (bicyclic) bond motifs is 4. The van der Waals surface area contributed by atoms with Crippen LogP contribution in [0.2, 0.25) is 0 Å². The lowest BCUT2D eigenvalue weighted by Gasteiger charge is -2.36. The van der Waals surface area contributed by atoms with Gasteiger partial charge >= 0.3 is 6.03 Å². The summed E-state index contributed by atoms with van der Waals surface area (Å²) in [7, 11) is 3.15. The zero-order chi connectivity index (χ0) is 27.1. The highest BCUT2D eigenvalue weighted by molar-refractivity contribution is 6.24. The second-order valence-electron chi connectivity index (χ2n) is 9.59. The molecule has 0 bridgehead atoms. The normalized spacial score (nSPS) is 18.3. The van der Waals surface area contributed by atoms with E-state index < -0.39 is 18.1 Å². The molecule has 4 amide bonds. The number of amides is 4. The Hall–Kier alpha value is -4.63. The fourth-order valence-corrected chi connectivity index (χ4v) is 5.68. The molecular weight excluding hydrogens is 496 g/mol. The number of urea groups is 1. The van der Waals surface area contributed by atoms with Crippen LogP contribution in [0.5, 0.6) is 5.75 Å². The minimum atomic E-state index is -0.731. The summed E-state index contributed by atoms with van der Waals surface area (Å²) in [6.07, 6.45) is 0.364. The second kappa shape index (κ2) is 9.92. The molecule has 3 heterocycles. The zero-order valence-electron chi connectivity index (χ0n) is 21.6. The van der Waals surface area contributed by atoms with Crippen LogP contribution < -0.4 is 15.0 Å². The summed E-state index contributed by atoms with van der Waals surface area (Å²) < 4.78 is 10.5. The second-order valence-corrected chi connectivity index (χ2v) is 9.59. The van der Waals surface area contributed by atoms with E-state index in [0.717, 1.165) is 32.6 Å². The van der Waals surface area contributed by atoms with Gasteiger partial charge in [0.15, 0.2) is 0 Å². The Morgan fingerprint density at radius 3 is 2.64 bits per heavy atom. The number of carbonyl (C=O) groups excluding carboxylic acids is 3. The van der Waals surface area contributed by atoms with Gasteiger partial charge < -0.3 is 19.8 Å². The van der Waals surface area contributed by atoms with Crippen LogP contribution in [0, 0.1) is 0 Å². The number of anilines is 1. The number of imide groups is 1.